The molecule has 2 rings (SSSR count). The number of fused-ring (bicyclic) bond motifs is 1. The number of methoxy groups -OCH3 is 1. The Morgan fingerprint density at radius 3 is 2.74 bits per heavy atom. The van der Waals surface area contributed by atoms with Crippen LogP contribution in [0.4, 0.5) is 15.8 Å². The Labute approximate surface area is 110 Å². The van der Waals surface area contributed by atoms with E-state index >= 15 is 0 Å². The minimum Gasteiger partial charge on any atom is -0.383 e. The SMILES string of the molecule is COCC(C)N(C)c1cc2c(cc1F)C(=O)C(=O)N2. The Morgan fingerprint density at radius 1 is 1.42 bits per heavy atom. The molecule has 1 unspecified atom stereocenters. The Balaban J connectivity index is 2.37. The summed E-state index contributed by atoms with van der Waals surface area (Å²) in [6, 6.07) is 2.53. The lowest BCUT2D eigenvalue weighted by molar-refractivity contribution is -0.112. The molecule has 1 N–H and O–H groups in total. The van der Waals surface area contributed by atoms with Gasteiger partial charge in [0.05, 0.1) is 23.5 Å². The van der Waals surface area contributed by atoms with Crippen molar-refractivity contribution in [3.63, 3.8) is 0 Å². The molecule has 6 heteroatoms. The van der Waals surface area contributed by atoms with Crippen LogP contribution >= 0.6 is 0 Å². The Morgan fingerprint density at radius 2 is 2.11 bits per heavy atom. The van der Waals surface area contributed by atoms with Crippen LogP contribution in [0.2, 0.25) is 0 Å². The van der Waals surface area contributed by atoms with Crippen molar-refractivity contribution in [2.24, 2.45) is 0 Å². The Kier molecular flexibility index (Phi) is 3.53. The number of hydrogen-bond donors (Lipinski definition) is 1. The van der Waals surface area contributed by atoms with Gasteiger partial charge in [-0.2, -0.15) is 0 Å². The predicted molar refractivity (Wildman–Crippen MR) is 69.1 cm³/mol. The van der Waals surface area contributed by atoms with Gasteiger partial charge in [0.25, 0.3) is 11.7 Å². The second-order valence-corrected chi connectivity index (χ2v) is 4.55. The molecule has 0 bridgehead atoms. The molecule has 1 atom stereocenters. The van der Waals surface area contributed by atoms with Crippen LogP contribution in [0, 0.1) is 5.82 Å². The fourth-order valence-corrected chi connectivity index (χ4v) is 2.02. The molecule has 1 heterocycles. The molecule has 19 heavy (non-hydrogen) atoms. The molecular weight excluding hydrogens is 251 g/mol. The summed E-state index contributed by atoms with van der Waals surface area (Å²) < 4.78 is 19.0. The van der Waals surface area contributed by atoms with Gasteiger partial charge < -0.3 is 15.0 Å². The third-order valence-electron chi connectivity index (χ3n) is 3.24. The standard InChI is InChI=1S/C13H15FN2O3/c1-7(6-19-3)16(2)11-5-10-8(4-9(11)14)12(17)13(18)15-10/h4-5,7H,6H2,1-3H3,(H,15,17,18). The van der Waals surface area contributed by atoms with Crippen molar-refractivity contribution in [3.05, 3.63) is 23.5 Å². The number of rotatable bonds is 4. The highest BCUT2D eigenvalue weighted by Crippen LogP contribution is 2.31. The van der Waals surface area contributed by atoms with Gasteiger partial charge in [-0.15, -0.1) is 0 Å². The van der Waals surface area contributed by atoms with Crippen molar-refractivity contribution in [2.45, 2.75) is 13.0 Å². The maximum absolute atomic E-state index is 14.0. The molecule has 0 aliphatic carbocycles. The smallest absolute Gasteiger partial charge is 0.296 e. The number of ketones is 1. The maximum atomic E-state index is 14.0. The third-order valence-corrected chi connectivity index (χ3v) is 3.24. The van der Waals surface area contributed by atoms with Crippen molar-refractivity contribution in [1.82, 2.24) is 0 Å². The van der Waals surface area contributed by atoms with Gasteiger partial charge in [0.1, 0.15) is 5.82 Å². The molecule has 0 aromatic heterocycles. The van der Waals surface area contributed by atoms with Gasteiger partial charge in [0.2, 0.25) is 0 Å². The van der Waals surface area contributed by atoms with Crippen LogP contribution in [0.3, 0.4) is 0 Å². The predicted octanol–water partition coefficient (Wildman–Crippen LogP) is 1.43. The third kappa shape index (κ3) is 2.31. The quantitative estimate of drug-likeness (QED) is 0.838. The number of amides is 1. The number of Topliss-reactive ketones (excluding diaryl/α,β-unsaturated/α-hetero) is 1. The number of halogens is 1. The maximum Gasteiger partial charge on any atom is 0.296 e. The van der Waals surface area contributed by atoms with Crippen LogP contribution in [-0.4, -0.2) is 38.5 Å². The molecule has 102 valence electrons. The number of anilines is 2. The fraction of sp³-hybridized carbons (Fsp3) is 0.385. The molecule has 1 aliphatic rings. The molecule has 1 aromatic rings. The van der Waals surface area contributed by atoms with Gasteiger partial charge in [-0.05, 0) is 19.1 Å². The summed E-state index contributed by atoms with van der Waals surface area (Å²) in [5.74, 6) is -1.96. The molecule has 0 saturated heterocycles. The van der Waals surface area contributed by atoms with Crippen LogP contribution in [0.5, 0.6) is 0 Å². The number of hydrogen-bond acceptors (Lipinski definition) is 4. The van der Waals surface area contributed by atoms with E-state index in [1.165, 1.54) is 6.07 Å². The highest BCUT2D eigenvalue weighted by atomic mass is 19.1. The van der Waals surface area contributed by atoms with Crippen LogP contribution < -0.4 is 10.2 Å². The van der Waals surface area contributed by atoms with E-state index in [-0.39, 0.29) is 11.6 Å². The highest BCUT2D eigenvalue weighted by molar-refractivity contribution is 6.51. The van der Waals surface area contributed by atoms with Crippen molar-refractivity contribution < 1.29 is 18.7 Å². The van der Waals surface area contributed by atoms with E-state index in [1.807, 2.05) is 6.92 Å². The van der Waals surface area contributed by atoms with Crippen molar-refractivity contribution in [1.29, 1.82) is 0 Å². The highest BCUT2D eigenvalue weighted by Gasteiger charge is 2.30. The lowest BCUT2D eigenvalue weighted by atomic mass is 10.1. The van der Waals surface area contributed by atoms with E-state index < -0.39 is 17.5 Å². The molecule has 1 amide bonds. The van der Waals surface area contributed by atoms with Gasteiger partial charge in [-0.1, -0.05) is 0 Å². The second-order valence-electron chi connectivity index (χ2n) is 4.55. The summed E-state index contributed by atoms with van der Waals surface area (Å²) in [5.41, 5.74) is 0.750. The van der Waals surface area contributed by atoms with Gasteiger partial charge in [-0.25, -0.2) is 4.39 Å². The number of carbonyl (C=O) groups is 2. The van der Waals surface area contributed by atoms with E-state index in [2.05, 4.69) is 5.32 Å². The number of nitrogens with one attached hydrogen (secondary N) is 1. The molecule has 1 aromatic carbocycles. The lowest BCUT2D eigenvalue weighted by Gasteiger charge is -2.27. The molecule has 0 fully saturated rings. The van der Waals surface area contributed by atoms with Crippen LogP contribution in [-0.2, 0) is 9.53 Å². The number of nitrogens with zero attached hydrogens (tertiary/aromatic N) is 1. The zero-order valence-electron chi connectivity index (χ0n) is 11.0. The second kappa shape index (κ2) is 4.97. The van der Waals surface area contributed by atoms with E-state index in [0.717, 1.165) is 6.07 Å². The largest absolute Gasteiger partial charge is 0.383 e. The number of likely N-dealkylation sites (N-methyl/N-ethyl adjacent to an activating group) is 1. The number of carbonyl (C=O) groups excluding carboxylic acids is 2. The van der Waals surface area contributed by atoms with Gasteiger partial charge in [0.15, 0.2) is 0 Å². The monoisotopic (exact) mass is 266 g/mol. The number of ether oxygens (including phenoxy) is 1. The number of benzene rings is 1. The average molecular weight is 266 g/mol. The summed E-state index contributed by atoms with van der Waals surface area (Å²) in [6.45, 7) is 2.33. The average Bonchev–Trinajstić information content (AvgIpc) is 2.64. The zero-order chi connectivity index (χ0) is 14.2. The Hall–Kier alpha value is -1.95. The van der Waals surface area contributed by atoms with Gasteiger partial charge in [0, 0.05) is 20.2 Å². The van der Waals surface area contributed by atoms with E-state index in [9.17, 15) is 14.0 Å². The first kappa shape index (κ1) is 13.5. The van der Waals surface area contributed by atoms with Gasteiger partial charge in [-0.3, -0.25) is 9.59 Å². The molecular formula is C13H15FN2O3. The zero-order valence-corrected chi connectivity index (χ0v) is 11.0. The first-order valence-electron chi connectivity index (χ1n) is 5.86. The van der Waals surface area contributed by atoms with E-state index in [4.69, 9.17) is 4.74 Å². The topological polar surface area (TPSA) is 58.6 Å². The molecule has 0 spiro atoms. The summed E-state index contributed by atoms with van der Waals surface area (Å²) in [5, 5.41) is 2.43. The summed E-state index contributed by atoms with van der Waals surface area (Å²) in [7, 11) is 3.30. The minimum absolute atomic E-state index is 0.0367. The van der Waals surface area contributed by atoms with Crippen LogP contribution in [0.15, 0.2) is 12.1 Å². The van der Waals surface area contributed by atoms with Crippen molar-refractivity contribution >= 4 is 23.1 Å². The normalized spacial score (nSPS) is 15.2. The lowest BCUT2D eigenvalue weighted by Crippen LogP contribution is -2.33. The van der Waals surface area contributed by atoms with E-state index in [0.29, 0.717) is 18.0 Å². The molecule has 0 radical (unpaired) electrons. The van der Waals surface area contributed by atoms with Crippen molar-refractivity contribution in [2.75, 3.05) is 31.0 Å². The first-order chi connectivity index (χ1) is 8.95. The van der Waals surface area contributed by atoms with E-state index in [1.54, 1.807) is 19.1 Å². The van der Waals surface area contributed by atoms with Gasteiger partial charge >= 0.3 is 0 Å². The first-order valence-corrected chi connectivity index (χ1v) is 5.86. The molecule has 0 saturated carbocycles. The fourth-order valence-electron chi connectivity index (χ4n) is 2.02. The summed E-state index contributed by atoms with van der Waals surface area (Å²) in [6.07, 6.45) is 0. The minimum atomic E-state index is -0.723. The van der Waals surface area contributed by atoms with Crippen molar-refractivity contribution in [3.8, 4) is 0 Å². The van der Waals surface area contributed by atoms with Crippen LogP contribution in [0.1, 0.15) is 17.3 Å². The van der Waals surface area contributed by atoms with Crippen LogP contribution in [0.25, 0.3) is 0 Å². The molecule has 5 nitrogen and oxygen atoms in total. The Bertz CT molecular complexity index is 545. The summed E-state index contributed by atoms with van der Waals surface area (Å²) in [4.78, 5) is 24.4. The molecule has 1 aliphatic heterocycles. The summed E-state index contributed by atoms with van der Waals surface area (Å²) >= 11 is 0.